The molecular formula is C8H18N2O8S2. The van der Waals surface area contributed by atoms with Gasteiger partial charge < -0.3 is 20.9 Å². The van der Waals surface area contributed by atoms with E-state index in [9.17, 15) is 26.4 Å². The van der Waals surface area contributed by atoms with Gasteiger partial charge in [-0.25, -0.2) is 26.4 Å². The smallest absolute Gasteiger partial charge is 0.404 e. The number of sulfone groups is 2. The molecule has 0 atom stereocenters. The monoisotopic (exact) mass is 334 g/mol. The Bertz CT molecular complexity index is 463. The molecule has 0 aromatic rings. The molecule has 4 N–H and O–H groups in total. The number of carboxylic acid groups (broad SMARTS) is 1. The topological polar surface area (TPSA) is 170 Å². The van der Waals surface area contributed by atoms with Gasteiger partial charge in [-0.2, -0.15) is 0 Å². The molecule has 20 heavy (non-hydrogen) atoms. The summed E-state index contributed by atoms with van der Waals surface area (Å²) in [4.78, 5) is 19.7. The number of hydrogen-bond donors (Lipinski definition) is 3. The fraction of sp³-hybridized carbons (Fsp3) is 0.750. The Morgan fingerprint density at radius 3 is 1.85 bits per heavy atom. The minimum absolute atomic E-state index is 0.0475. The standard InChI is InChI=1S/2C4H9NO4S/c1-10(7,8)3-2-9-4(5)6;1-10(8,9)3-2-5-4(6)7/h2-3H2,1H3,(H2,5,6);5H,2-3H2,1H3,(H,6,7). The van der Waals surface area contributed by atoms with E-state index >= 15 is 0 Å². The van der Waals surface area contributed by atoms with Crippen molar-refractivity contribution in [1.82, 2.24) is 5.32 Å². The molecule has 0 aromatic carbocycles. The van der Waals surface area contributed by atoms with E-state index in [-0.39, 0.29) is 24.7 Å². The molecule has 0 radical (unpaired) electrons. The van der Waals surface area contributed by atoms with Gasteiger partial charge in [-0.05, 0) is 0 Å². The Kier molecular flexibility index (Phi) is 9.71. The molecule has 0 saturated heterocycles. The number of nitrogens with two attached hydrogens (primary N) is 1. The third kappa shape index (κ3) is 25.3. The van der Waals surface area contributed by atoms with Crippen LogP contribution >= 0.6 is 0 Å². The van der Waals surface area contributed by atoms with Gasteiger partial charge in [0.1, 0.15) is 16.4 Å². The van der Waals surface area contributed by atoms with Crippen molar-refractivity contribution in [2.24, 2.45) is 5.73 Å². The first kappa shape index (κ1) is 20.8. The van der Waals surface area contributed by atoms with Crippen molar-refractivity contribution in [3.63, 3.8) is 0 Å². The normalized spacial score (nSPS) is 10.9. The molecule has 0 aliphatic rings. The summed E-state index contributed by atoms with van der Waals surface area (Å²) in [5.41, 5.74) is 4.57. The van der Waals surface area contributed by atoms with Crippen molar-refractivity contribution in [2.75, 3.05) is 37.2 Å². The average molecular weight is 334 g/mol. The third-order valence-electron chi connectivity index (χ3n) is 1.45. The Morgan fingerprint density at radius 2 is 1.55 bits per heavy atom. The van der Waals surface area contributed by atoms with Gasteiger partial charge in [-0.15, -0.1) is 0 Å². The highest BCUT2D eigenvalue weighted by atomic mass is 32.2. The zero-order valence-corrected chi connectivity index (χ0v) is 12.7. The molecule has 0 spiro atoms. The molecule has 0 saturated carbocycles. The maximum Gasteiger partial charge on any atom is 0.404 e. The summed E-state index contributed by atoms with van der Waals surface area (Å²) >= 11 is 0. The molecule has 10 nitrogen and oxygen atoms in total. The van der Waals surface area contributed by atoms with E-state index in [0.29, 0.717) is 0 Å². The molecular weight excluding hydrogens is 316 g/mol. The van der Waals surface area contributed by atoms with E-state index in [4.69, 9.17) is 5.11 Å². The van der Waals surface area contributed by atoms with Gasteiger partial charge in [0.05, 0.1) is 11.5 Å². The summed E-state index contributed by atoms with van der Waals surface area (Å²) in [6, 6.07) is 0. The van der Waals surface area contributed by atoms with E-state index in [2.05, 4.69) is 10.5 Å². The van der Waals surface area contributed by atoms with Crippen LogP contribution in [0.1, 0.15) is 0 Å². The zero-order chi connectivity index (χ0) is 16.4. The van der Waals surface area contributed by atoms with Gasteiger partial charge in [-0.1, -0.05) is 0 Å². The first-order chi connectivity index (χ1) is 8.83. The van der Waals surface area contributed by atoms with Gasteiger partial charge in [-0.3, -0.25) is 0 Å². The summed E-state index contributed by atoms with van der Waals surface area (Å²) < 4.78 is 45.7. The van der Waals surface area contributed by atoms with Gasteiger partial charge in [0.15, 0.2) is 9.84 Å². The first-order valence-electron chi connectivity index (χ1n) is 5.08. The van der Waals surface area contributed by atoms with Crippen LogP contribution in [0.25, 0.3) is 0 Å². The van der Waals surface area contributed by atoms with Crippen molar-refractivity contribution in [2.45, 2.75) is 0 Å². The lowest BCUT2D eigenvalue weighted by atomic mass is 10.7. The van der Waals surface area contributed by atoms with E-state index < -0.39 is 31.9 Å². The predicted octanol–water partition coefficient (Wildman–Crippen LogP) is -1.58. The number of rotatable bonds is 6. The third-order valence-corrected chi connectivity index (χ3v) is 3.30. The molecule has 12 heteroatoms. The van der Waals surface area contributed by atoms with Crippen LogP contribution in [0.3, 0.4) is 0 Å². The molecule has 0 rings (SSSR count). The van der Waals surface area contributed by atoms with Crippen LogP contribution in [-0.4, -0.2) is 71.3 Å². The van der Waals surface area contributed by atoms with Gasteiger partial charge in [0, 0.05) is 19.1 Å². The quantitative estimate of drug-likeness (QED) is 0.522. The number of carbonyl (C=O) groups is 2. The highest BCUT2D eigenvalue weighted by Gasteiger charge is 2.02. The lowest BCUT2D eigenvalue weighted by Gasteiger charge is -1.97. The van der Waals surface area contributed by atoms with Crippen molar-refractivity contribution >= 4 is 31.9 Å². The summed E-state index contributed by atoms with van der Waals surface area (Å²) in [7, 11) is -6.10. The second kappa shape index (κ2) is 9.36. The van der Waals surface area contributed by atoms with Crippen LogP contribution in [0.4, 0.5) is 9.59 Å². The van der Waals surface area contributed by atoms with E-state index in [1.807, 2.05) is 5.32 Å². The summed E-state index contributed by atoms with van der Waals surface area (Å²) in [5.74, 6) is -0.338. The van der Waals surface area contributed by atoms with E-state index in [1.54, 1.807) is 0 Å². The average Bonchev–Trinajstić information content (AvgIpc) is 2.12. The highest BCUT2D eigenvalue weighted by molar-refractivity contribution is 7.90. The van der Waals surface area contributed by atoms with Gasteiger partial charge in [0.2, 0.25) is 0 Å². The van der Waals surface area contributed by atoms with Crippen molar-refractivity contribution in [3.8, 4) is 0 Å². The van der Waals surface area contributed by atoms with E-state index in [0.717, 1.165) is 12.5 Å². The van der Waals surface area contributed by atoms with Crippen LogP contribution in [0, 0.1) is 0 Å². The Morgan fingerprint density at radius 1 is 1.10 bits per heavy atom. The fourth-order valence-electron chi connectivity index (χ4n) is 0.637. The van der Waals surface area contributed by atoms with Crippen LogP contribution in [0.5, 0.6) is 0 Å². The molecule has 0 aromatic heterocycles. The van der Waals surface area contributed by atoms with Gasteiger partial charge >= 0.3 is 12.2 Å². The molecule has 0 bridgehead atoms. The molecule has 0 aliphatic carbocycles. The van der Waals surface area contributed by atoms with Crippen molar-refractivity contribution in [3.05, 3.63) is 0 Å². The summed E-state index contributed by atoms with van der Waals surface area (Å²) in [5, 5.41) is 9.94. The predicted molar refractivity (Wildman–Crippen MR) is 71.0 cm³/mol. The van der Waals surface area contributed by atoms with Crippen molar-refractivity contribution < 1.29 is 36.3 Å². The first-order valence-corrected chi connectivity index (χ1v) is 9.20. The Balaban J connectivity index is 0. The van der Waals surface area contributed by atoms with Gasteiger partial charge in [0.25, 0.3) is 0 Å². The van der Waals surface area contributed by atoms with Crippen LogP contribution in [0.2, 0.25) is 0 Å². The molecule has 0 heterocycles. The lowest BCUT2D eigenvalue weighted by molar-refractivity contribution is 0.163. The molecule has 0 fully saturated rings. The lowest BCUT2D eigenvalue weighted by Crippen LogP contribution is -2.26. The van der Waals surface area contributed by atoms with Crippen molar-refractivity contribution in [1.29, 1.82) is 0 Å². The Labute approximate surface area is 117 Å². The highest BCUT2D eigenvalue weighted by Crippen LogP contribution is 1.83. The summed E-state index contributed by atoms with van der Waals surface area (Å²) in [6.07, 6.45) is -0.0549. The van der Waals surface area contributed by atoms with E-state index in [1.165, 1.54) is 0 Å². The number of ether oxygens (including phenoxy) is 1. The number of nitrogens with one attached hydrogen (secondary N) is 1. The largest absolute Gasteiger partial charge is 0.465 e. The zero-order valence-electron chi connectivity index (χ0n) is 11.0. The molecule has 0 unspecified atom stereocenters. The molecule has 120 valence electrons. The van der Waals surface area contributed by atoms with Crippen LogP contribution in [-0.2, 0) is 24.4 Å². The number of amides is 2. The fourth-order valence-corrected chi connectivity index (χ4v) is 1.50. The van der Waals surface area contributed by atoms with Crippen LogP contribution in [0.15, 0.2) is 0 Å². The molecule has 2 amide bonds. The number of carbonyl (C=O) groups excluding carboxylic acids is 1. The Hall–Kier alpha value is -1.56. The number of primary amides is 1. The number of hydrogen-bond acceptors (Lipinski definition) is 7. The SMILES string of the molecule is CS(=O)(=O)CCNC(=O)O.CS(=O)(=O)CCOC(N)=O. The summed E-state index contributed by atoms with van der Waals surface area (Å²) in [6.45, 7) is -0.220. The minimum Gasteiger partial charge on any atom is -0.465 e. The van der Waals surface area contributed by atoms with Crippen LogP contribution < -0.4 is 11.1 Å². The molecule has 0 aliphatic heterocycles. The second-order valence-electron chi connectivity index (χ2n) is 3.66. The maximum absolute atomic E-state index is 10.4. The second-order valence-corrected chi connectivity index (χ2v) is 8.18. The minimum atomic E-state index is -3.05. The maximum atomic E-state index is 10.4.